The number of nitriles is 2. The number of oxime groups is 1. The maximum absolute atomic E-state index is 13.1. The Labute approximate surface area is 181 Å². The van der Waals surface area contributed by atoms with Crippen LogP contribution in [0.5, 0.6) is 11.5 Å². The molecule has 8 heteroatoms. The smallest absolute Gasteiger partial charge is 0.236 e. The fourth-order valence-electron chi connectivity index (χ4n) is 2.32. The van der Waals surface area contributed by atoms with Crippen LogP contribution in [0.25, 0.3) is 0 Å². The number of hydrogen-bond acceptors (Lipinski definition) is 8. The number of aromatic nitrogens is 1. The third kappa shape index (κ3) is 5.80. The van der Waals surface area contributed by atoms with Gasteiger partial charge in [-0.25, -0.2) is 4.98 Å². The van der Waals surface area contributed by atoms with Crippen molar-refractivity contribution < 1.29 is 19.5 Å². The number of phenolic OH excluding ortho intramolecular Hbond substituents is 1. The Bertz CT molecular complexity index is 1110. The Morgan fingerprint density at radius 2 is 1.71 bits per heavy atom. The molecule has 0 radical (unpaired) electrons. The van der Waals surface area contributed by atoms with E-state index >= 15 is 0 Å². The number of hydrogen-bond donors (Lipinski definition) is 1. The van der Waals surface area contributed by atoms with Crippen LogP contribution in [0.2, 0.25) is 0 Å². The molecule has 0 unspecified atom stereocenters. The molecule has 1 aromatic carbocycles. The quantitative estimate of drug-likeness (QED) is 0.337. The van der Waals surface area contributed by atoms with Crippen molar-refractivity contribution in [2.24, 2.45) is 10.6 Å². The molecule has 0 atom stereocenters. The Morgan fingerprint density at radius 1 is 1.10 bits per heavy atom. The van der Waals surface area contributed by atoms with Gasteiger partial charge in [0.1, 0.15) is 23.5 Å². The molecule has 0 amide bonds. The molecule has 1 heterocycles. The summed E-state index contributed by atoms with van der Waals surface area (Å²) < 4.78 is 5.93. The number of pyridine rings is 1. The number of ether oxygens (including phenoxy) is 1. The van der Waals surface area contributed by atoms with Crippen LogP contribution >= 0.6 is 0 Å². The second-order valence-electron chi connectivity index (χ2n) is 8.77. The topological polar surface area (TPSA) is 129 Å². The summed E-state index contributed by atoms with van der Waals surface area (Å²) >= 11 is 0. The van der Waals surface area contributed by atoms with Gasteiger partial charge in [-0.1, -0.05) is 25.9 Å². The summed E-state index contributed by atoms with van der Waals surface area (Å²) in [6, 6.07) is 9.04. The predicted octanol–water partition coefficient (Wildman–Crippen LogP) is 4.32. The van der Waals surface area contributed by atoms with E-state index in [-0.39, 0.29) is 34.0 Å². The van der Waals surface area contributed by atoms with Gasteiger partial charge in [-0.3, -0.25) is 4.79 Å². The minimum Gasteiger partial charge on any atom is -0.507 e. The van der Waals surface area contributed by atoms with Gasteiger partial charge in [-0.2, -0.15) is 10.5 Å². The molecule has 0 aliphatic carbocycles. The van der Waals surface area contributed by atoms with Gasteiger partial charge in [0, 0.05) is 11.6 Å². The predicted molar refractivity (Wildman–Crippen MR) is 114 cm³/mol. The molecule has 1 N–H and O–H groups in total. The molecule has 0 bridgehead atoms. The lowest BCUT2D eigenvalue weighted by Crippen LogP contribution is -2.29. The van der Waals surface area contributed by atoms with Crippen LogP contribution in [0.1, 0.15) is 68.7 Å². The molecule has 0 fully saturated rings. The van der Waals surface area contributed by atoms with Gasteiger partial charge >= 0.3 is 0 Å². The van der Waals surface area contributed by atoms with E-state index in [0.29, 0.717) is 0 Å². The first-order valence-corrected chi connectivity index (χ1v) is 9.49. The van der Waals surface area contributed by atoms with E-state index in [1.54, 1.807) is 12.1 Å². The largest absolute Gasteiger partial charge is 0.507 e. The van der Waals surface area contributed by atoms with Gasteiger partial charge in [0.25, 0.3) is 0 Å². The van der Waals surface area contributed by atoms with Crippen molar-refractivity contribution in [2.75, 3.05) is 0 Å². The van der Waals surface area contributed by atoms with Crippen LogP contribution in [-0.4, -0.2) is 27.4 Å². The molecule has 2 aromatic rings. The molecule has 0 aliphatic heterocycles. The number of carbonyl (C=O) groups is 1. The minimum absolute atomic E-state index is 0.0300. The zero-order valence-electron chi connectivity index (χ0n) is 18.3. The van der Waals surface area contributed by atoms with Crippen molar-refractivity contribution in [1.29, 1.82) is 10.5 Å². The third-order valence-corrected chi connectivity index (χ3v) is 3.86. The van der Waals surface area contributed by atoms with Gasteiger partial charge < -0.3 is 14.7 Å². The van der Waals surface area contributed by atoms with E-state index in [9.17, 15) is 15.2 Å². The number of ketones is 1. The van der Waals surface area contributed by atoms with Gasteiger partial charge in [0.2, 0.25) is 11.7 Å². The summed E-state index contributed by atoms with van der Waals surface area (Å²) in [5, 5.41) is 32.7. The molecule has 160 valence electrons. The Kier molecular flexibility index (Phi) is 6.67. The van der Waals surface area contributed by atoms with Crippen molar-refractivity contribution in [1.82, 2.24) is 4.98 Å². The summed E-state index contributed by atoms with van der Waals surface area (Å²) in [7, 11) is 0. The molecule has 0 saturated heterocycles. The second-order valence-corrected chi connectivity index (χ2v) is 8.77. The highest BCUT2D eigenvalue weighted by Crippen LogP contribution is 2.29. The van der Waals surface area contributed by atoms with Gasteiger partial charge in [0.05, 0.1) is 16.7 Å². The van der Waals surface area contributed by atoms with Crippen LogP contribution in [0.4, 0.5) is 0 Å². The summed E-state index contributed by atoms with van der Waals surface area (Å²) in [6.45, 7) is 11.2. The third-order valence-electron chi connectivity index (χ3n) is 3.86. The van der Waals surface area contributed by atoms with E-state index in [0.717, 1.165) is 12.1 Å². The summed E-state index contributed by atoms with van der Waals surface area (Å²) in [6.07, 6.45) is 1.41. The highest BCUT2D eigenvalue weighted by molar-refractivity contribution is 6.11. The second kappa shape index (κ2) is 8.85. The molecule has 0 aliphatic rings. The maximum Gasteiger partial charge on any atom is 0.236 e. The Balaban J connectivity index is 2.52. The zero-order chi connectivity index (χ0) is 23.4. The number of benzene rings is 1. The van der Waals surface area contributed by atoms with Crippen LogP contribution in [0.15, 0.2) is 35.6 Å². The molecule has 0 saturated carbocycles. The Hall–Kier alpha value is -3.91. The molecule has 31 heavy (non-hydrogen) atoms. The number of aromatic hydroxyl groups is 1. The molecule has 0 spiro atoms. The number of carbonyl (C=O) groups excluding carboxylic acids is 1. The molecular weight excluding hydrogens is 396 g/mol. The van der Waals surface area contributed by atoms with E-state index in [4.69, 9.17) is 14.8 Å². The number of nitrogens with zero attached hydrogens (tertiary/aromatic N) is 4. The first-order valence-electron chi connectivity index (χ1n) is 9.49. The van der Waals surface area contributed by atoms with Gasteiger partial charge in [0.15, 0.2) is 11.4 Å². The number of phenols is 1. The monoisotopic (exact) mass is 420 g/mol. The fraction of sp³-hybridized carbons (Fsp3) is 0.348. The van der Waals surface area contributed by atoms with E-state index in [2.05, 4.69) is 10.1 Å². The van der Waals surface area contributed by atoms with Crippen molar-refractivity contribution in [3.63, 3.8) is 0 Å². The maximum atomic E-state index is 13.1. The van der Waals surface area contributed by atoms with Crippen molar-refractivity contribution in [2.45, 2.75) is 47.1 Å². The number of rotatable bonds is 4. The van der Waals surface area contributed by atoms with E-state index in [1.807, 2.05) is 53.7 Å². The van der Waals surface area contributed by atoms with Gasteiger partial charge in [-0.15, -0.1) is 0 Å². The van der Waals surface area contributed by atoms with Crippen LogP contribution < -0.4 is 4.74 Å². The SMILES string of the molecule is CC(C)(C)ON=C(Oc1cccnc1C(=O)c1cc(C#N)c(C#N)cc1O)C(C)(C)C. The van der Waals surface area contributed by atoms with Crippen molar-refractivity contribution in [3.05, 3.63) is 52.8 Å². The van der Waals surface area contributed by atoms with Gasteiger partial charge in [-0.05, 0) is 45.0 Å². The first-order chi connectivity index (χ1) is 14.4. The van der Waals surface area contributed by atoms with Crippen LogP contribution in [0, 0.1) is 28.1 Å². The lowest BCUT2D eigenvalue weighted by molar-refractivity contribution is -0.00380. The van der Waals surface area contributed by atoms with E-state index in [1.165, 1.54) is 6.20 Å². The highest BCUT2D eigenvalue weighted by Gasteiger charge is 2.28. The lowest BCUT2D eigenvalue weighted by atomic mass is 9.96. The average molecular weight is 420 g/mol. The average Bonchev–Trinajstić information content (AvgIpc) is 2.69. The normalized spacial score (nSPS) is 11.9. The fourth-order valence-corrected chi connectivity index (χ4v) is 2.32. The first kappa shape index (κ1) is 23.4. The highest BCUT2D eigenvalue weighted by atomic mass is 16.7. The summed E-state index contributed by atoms with van der Waals surface area (Å²) in [5.74, 6) is -0.760. The zero-order valence-corrected chi connectivity index (χ0v) is 18.3. The van der Waals surface area contributed by atoms with Crippen LogP contribution in [0.3, 0.4) is 0 Å². The molecule has 2 rings (SSSR count). The minimum atomic E-state index is -0.668. The van der Waals surface area contributed by atoms with Crippen molar-refractivity contribution in [3.8, 4) is 23.6 Å². The Morgan fingerprint density at radius 3 is 2.26 bits per heavy atom. The van der Waals surface area contributed by atoms with E-state index < -0.39 is 22.5 Å². The summed E-state index contributed by atoms with van der Waals surface area (Å²) in [4.78, 5) is 22.7. The molecular formula is C23H24N4O4. The standard InChI is InChI=1S/C23H24N4O4/c1-22(2,3)21(27-31-23(4,5)6)30-18-8-7-9-26-19(18)20(29)16-10-14(12-24)15(13-25)11-17(16)28/h7-11,28H,1-6H3. The van der Waals surface area contributed by atoms with Crippen LogP contribution in [-0.2, 0) is 4.84 Å². The van der Waals surface area contributed by atoms with Crippen molar-refractivity contribution >= 4 is 11.7 Å². The lowest BCUT2D eigenvalue weighted by Gasteiger charge is -2.24. The molecule has 8 nitrogen and oxygen atoms in total. The summed E-state index contributed by atoms with van der Waals surface area (Å²) in [5.41, 5.74) is -1.41. The molecule has 1 aromatic heterocycles.